The fourth-order valence-electron chi connectivity index (χ4n) is 1.67. The zero-order valence-corrected chi connectivity index (χ0v) is 13.0. The van der Waals surface area contributed by atoms with Gasteiger partial charge in [0.1, 0.15) is 10.6 Å². The monoisotopic (exact) mass is 285 g/mol. The van der Waals surface area contributed by atoms with Crippen molar-refractivity contribution in [3.8, 4) is 5.75 Å². The summed E-state index contributed by atoms with van der Waals surface area (Å²) in [4.78, 5) is 0.210. The minimum absolute atomic E-state index is 0.0996. The van der Waals surface area contributed by atoms with Crippen LogP contribution >= 0.6 is 0 Å². The fourth-order valence-corrected chi connectivity index (χ4v) is 3.20. The molecule has 0 fully saturated rings. The van der Waals surface area contributed by atoms with Gasteiger partial charge in [-0.2, -0.15) is 0 Å². The van der Waals surface area contributed by atoms with Crippen molar-refractivity contribution in [2.45, 2.75) is 51.0 Å². The third-order valence-corrected chi connectivity index (χ3v) is 4.72. The highest BCUT2D eigenvalue weighted by molar-refractivity contribution is 7.89. The zero-order chi connectivity index (χ0) is 14.6. The molecule has 0 aliphatic carbocycles. The minimum atomic E-state index is -3.55. The Hall–Kier alpha value is -1.07. The van der Waals surface area contributed by atoms with E-state index in [1.807, 2.05) is 33.8 Å². The molecule has 0 aromatic heterocycles. The molecule has 0 heterocycles. The zero-order valence-electron chi connectivity index (χ0n) is 12.2. The molecule has 108 valence electrons. The van der Waals surface area contributed by atoms with Crippen molar-refractivity contribution < 1.29 is 13.2 Å². The first-order valence-electron chi connectivity index (χ1n) is 6.52. The molecule has 1 N–H and O–H groups in total. The van der Waals surface area contributed by atoms with Gasteiger partial charge in [0.25, 0.3) is 0 Å². The van der Waals surface area contributed by atoms with Gasteiger partial charge in [-0.15, -0.1) is 0 Å². The maximum absolute atomic E-state index is 12.4. The molecule has 0 aliphatic heterocycles. The molecule has 0 radical (unpaired) electrons. The number of sulfonamides is 1. The number of hydrogen-bond acceptors (Lipinski definition) is 3. The maximum atomic E-state index is 12.4. The first kappa shape index (κ1) is 16.0. The highest BCUT2D eigenvalue weighted by atomic mass is 32.2. The van der Waals surface area contributed by atoms with E-state index in [1.165, 1.54) is 7.11 Å². The molecular formula is C14H23NO3S. The van der Waals surface area contributed by atoms with Gasteiger partial charge in [0.15, 0.2) is 0 Å². The second kappa shape index (κ2) is 6.39. The molecule has 1 atom stereocenters. The van der Waals surface area contributed by atoms with Crippen LogP contribution < -0.4 is 9.46 Å². The standard InChI is InChI=1S/C14H23NO3S/c1-6-11(4)15-19(16,17)14-9-12(10(2)3)7-8-13(14)18-5/h7-11,15H,6H2,1-5H3. The van der Waals surface area contributed by atoms with Gasteiger partial charge < -0.3 is 4.74 Å². The predicted octanol–water partition coefficient (Wildman–Crippen LogP) is 2.90. The first-order chi connectivity index (χ1) is 8.81. The number of methoxy groups -OCH3 is 1. The van der Waals surface area contributed by atoms with Crippen LogP contribution in [0.25, 0.3) is 0 Å². The summed E-state index contributed by atoms with van der Waals surface area (Å²) in [6.45, 7) is 7.84. The topological polar surface area (TPSA) is 55.4 Å². The Labute approximate surface area is 116 Å². The van der Waals surface area contributed by atoms with Crippen LogP contribution in [0.4, 0.5) is 0 Å². The normalized spacial score (nSPS) is 13.6. The number of hydrogen-bond donors (Lipinski definition) is 1. The quantitative estimate of drug-likeness (QED) is 0.874. The van der Waals surface area contributed by atoms with Gasteiger partial charge in [0, 0.05) is 6.04 Å². The largest absolute Gasteiger partial charge is 0.495 e. The number of nitrogens with one attached hydrogen (secondary N) is 1. The molecule has 0 spiro atoms. The van der Waals surface area contributed by atoms with E-state index in [0.717, 1.165) is 12.0 Å². The summed E-state index contributed by atoms with van der Waals surface area (Å²) in [5.74, 6) is 0.642. The Bertz CT molecular complexity index is 523. The number of rotatable bonds is 6. The second-order valence-corrected chi connectivity index (χ2v) is 6.68. The van der Waals surface area contributed by atoms with Crippen molar-refractivity contribution in [3.05, 3.63) is 23.8 Å². The third-order valence-electron chi connectivity index (χ3n) is 3.11. The van der Waals surface area contributed by atoms with E-state index in [1.54, 1.807) is 12.1 Å². The summed E-state index contributed by atoms with van der Waals surface area (Å²) in [7, 11) is -2.07. The van der Waals surface area contributed by atoms with E-state index in [-0.39, 0.29) is 16.9 Å². The van der Waals surface area contributed by atoms with Gasteiger partial charge in [-0.25, -0.2) is 13.1 Å². The van der Waals surface area contributed by atoms with Gasteiger partial charge in [-0.3, -0.25) is 0 Å². The molecule has 0 saturated heterocycles. The first-order valence-corrected chi connectivity index (χ1v) is 8.00. The Morgan fingerprint density at radius 1 is 1.26 bits per heavy atom. The number of benzene rings is 1. The lowest BCUT2D eigenvalue weighted by Gasteiger charge is -2.16. The molecule has 4 nitrogen and oxygen atoms in total. The SMILES string of the molecule is CCC(C)NS(=O)(=O)c1cc(C(C)C)ccc1OC. The Morgan fingerprint density at radius 2 is 1.89 bits per heavy atom. The van der Waals surface area contributed by atoms with Crippen LogP contribution in [0.2, 0.25) is 0 Å². The van der Waals surface area contributed by atoms with Gasteiger partial charge in [0.05, 0.1) is 7.11 Å². The van der Waals surface area contributed by atoms with E-state index in [4.69, 9.17) is 4.74 Å². The van der Waals surface area contributed by atoms with Crippen LogP contribution in [0.5, 0.6) is 5.75 Å². The third kappa shape index (κ3) is 3.94. The Kier molecular flexibility index (Phi) is 5.38. The Morgan fingerprint density at radius 3 is 2.37 bits per heavy atom. The molecule has 1 aromatic carbocycles. The maximum Gasteiger partial charge on any atom is 0.244 e. The van der Waals surface area contributed by atoms with Crippen LogP contribution in [-0.4, -0.2) is 21.6 Å². The van der Waals surface area contributed by atoms with Crippen molar-refractivity contribution in [1.29, 1.82) is 0 Å². The molecule has 0 saturated carbocycles. The molecular weight excluding hydrogens is 262 g/mol. The van der Waals surface area contributed by atoms with E-state index >= 15 is 0 Å². The van der Waals surface area contributed by atoms with Gasteiger partial charge >= 0.3 is 0 Å². The summed E-state index contributed by atoms with van der Waals surface area (Å²) in [6.07, 6.45) is 0.741. The highest BCUT2D eigenvalue weighted by Gasteiger charge is 2.22. The average molecular weight is 285 g/mol. The molecule has 5 heteroatoms. The lowest BCUT2D eigenvalue weighted by atomic mass is 10.0. The molecule has 1 unspecified atom stereocenters. The summed E-state index contributed by atoms with van der Waals surface area (Å²) >= 11 is 0. The molecule has 1 aromatic rings. The molecule has 0 bridgehead atoms. The van der Waals surface area contributed by atoms with Gasteiger partial charge in [0.2, 0.25) is 10.0 Å². The summed E-state index contributed by atoms with van der Waals surface area (Å²) in [5.41, 5.74) is 0.977. The predicted molar refractivity (Wildman–Crippen MR) is 77.2 cm³/mol. The molecule has 0 aliphatic rings. The van der Waals surface area contributed by atoms with Crippen LogP contribution in [0.15, 0.2) is 23.1 Å². The highest BCUT2D eigenvalue weighted by Crippen LogP contribution is 2.28. The lowest BCUT2D eigenvalue weighted by molar-refractivity contribution is 0.401. The van der Waals surface area contributed by atoms with Crippen molar-refractivity contribution in [2.24, 2.45) is 0 Å². The van der Waals surface area contributed by atoms with Gasteiger partial charge in [-0.1, -0.05) is 26.8 Å². The van der Waals surface area contributed by atoms with Crippen molar-refractivity contribution in [2.75, 3.05) is 7.11 Å². The van der Waals surface area contributed by atoms with Crippen LogP contribution in [0, 0.1) is 0 Å². The fraction of sp³-hybridized carbons (Fsp3) is 0.571. The van der Waals surface area contributed by atoms with Crippen molar-refractivity contribution in [1.82, 2.24) is 4.72 Å². The molecule has 0 amide bonds. The Balaban J connectivity index is 3.26. The smallest absolute Gasteiger partial charge is 0.244 e. The lowest BCUT2D eigenvalue weighted by Crippen LogP contribution is -2.32. The van der Waals surface area contributed by atoms with Crippen molar-refractivity contribution >= 4 is 10.0 Å². The van der Waals surface area contributed by atoms with Crippen LogP contribution in [-0.2, 0) is 10.0 Å². The van der Waals surface area contributed by atoms with E-state index in [9.17, 15) is 8.42 Å². The number of ether oxygens (including phenoxy) is 1. The van der Waals surface area contributed by atoms with Crippen LogP contribution in [0.1, 0.15) is 45.6 Å². The summed E-state index contributed by atoms with van der Waals surface area (Å²) in [6, 6.07) is 5.19. The minimum Gasteiger partial charge on any atom is -0.495 e. The van der Waals surface area contributed by atoms with Crippen molar-refractivity contribution in [3.63, 3.8) is 0 Å². The summed E-state index contributed by atoms with van der Waals surface area (Å²) < 4.78 is 32.5. The summed E-state index contributed by atoms with van der Waals surface area (Å²) in [5, 5.41) is 0. The van der Waals surface area contributed by atoms with Gasteiger partial charge in [-0.05, 0) is 37.0 Å². The molecule has 19 heavy (non-hydrogen) atoms. The van der Waals surface area contributed by atoms with E-state index < -0.39 is 10.0 Å². The average Bonchev–Trinajstić information content (AvgIpc) is 2.37. The molecule has 1 rings (SSSR count). The van der Waals surface area contributed by atoms with Crippen LogP contribution in [0.3, 0.4) is 0 Å². The van der Waals surface area contributed by atoms with E-state index in [2.05, 4.69) is 4.72 Å². The van der Waals surface area contributed by atoms with E-state index in [0.29, 0.717) is 5.75 Å². The second-order valence-electron chi connectivity index (χ2n) is 5.00.